The van der Waals surface area contributed by atoms with Gasteiger partial charge in [-0.1, -0.05) is 29.8 Å². The monoisotopic (exact) mass is 464 g/mol. The van der Waals surface area contributed by atoms with Crippen molar-refractivity contribution in [3.05, 3.63) is 89.6 Å². The van der Waals surface area contributed by atoms with Crippen molar-refractivity contribution < 1.29 is 18.4 Å². The van der Waals surface area contributed by atoms with Crippen molar-refractivity contribution in [1.82, 2.24) is 15.5 Å². The molecule has 1 aliphatic heterocycles. The van der Waals surface area contributed by atoms with Crippen LogP contribution in [0.3, 0.4) is 0 Å². The standard InChI is InChI=1S/C26H29FN4O3/c1-19-4-6-20(7-5-19)17-28-25(32)26(33)29-18-23(24-3-2-16-34-24)31-14-12-30(13-15-31)22-10-8-21(27)9-11-22/h2-11,16,23H,12-15,17-18H2,1H3,(H,28,32)(H,29,33)/t23-/m1/s1. The Morgan fingerprint density at radius 3 is 2.26 bits per heavy atom. The first-order chi connectivity index (χ1) is 16.5. The summed E-state index contributed by atoms with van der Waals surface area (Å²) in [5.74, 6) is -0.858. The van der Waals surface area contributed by atoms with Gasteiger partial charge in [0.25, 0.3) is 0 Å². The third kappa shape index (κ3) is 6.02. The Hall–Kier alpha value is -3.65. The van der Waals surface area contributed by atoms with Gasteiger partial charge in [0.15, 0.2) is 0 Å². The van der Waals surface area contributed by atoms with Gasteiger partial charge in [-0.2, -0.15) is 0 Å². The first-order valence-electron chi connectivity index (χ1n) is 11.4. The molecular weight excluding hydrogens is 435 g/mol. The molecule has 2 N–H and O–H groups in total. The van der Waals surface area contributed by atoms with E-state index in [0.717, 1.165) is 48.8 Å². The molecule has 3 aromatic rings. The first kappa shape index (κ1) is 23.5. The summed E-state index contributed by atoms with van der Waals surface area (Å²) in [6, 6.07) is 17.8. The third-order valence-electron chi connectivity index (χ3n) is 6.05. The van der Waals surface area contributed by atoms with Crippen molar-refractivity contribution in [3.63, 3.8) is 0 Å². The van der Waals surface area contributed by atoms with Gasteiger partial charge in [0.1, 0.15) is 11.6 Å². The molecule has 0 unspecified atom stereocenters. The average molecular weight is 465 g/mol. The molecule has 0 spiro atoms. The number of piperazine rings is 1. The van der Waals surface area contributed by atoms with E-state index in [2.05, 4.69) is 20.4 Å². The van der Waals surface area contributed by atoms with Crippen molar-refractivity contribution in [2.45, 2.75) is 19.5 Å². The van der Waals surface area contributed by atoms with Crippen molar-refractivity contribution in [1.29, 1.82) is 0 Å². The first-order valence-corrected chi connectivity index (χ1v) is 11.4. The molecule has 1 atom stereocenters. The highest BCUT2D eigenvalue weighted by Crippen LogP contribution is 2.24. The highest BCUT2D eigenvalue weighted by atomic mass is 19.1. The number of carbonyl (C=O) groups excluding carboxylic acids is 2. The van der Waals surface area contributed by atoms with Gasteiger partial charge < -0.3 is 20.0 Å². The minimum Gasteiger partial charge on any atom is -0.468 e. The van der Waals surface area contributed by atoms with E-state index in [1.807, 2.05) is 43.3 Å². The van der Waals surface area contributed by atoms with E-state index >= 15 is 0 Å². The highest BCUT2D eigenvalue weighted by molar-refractivity contribution is 6.35. The number of carbonyl (C=O) groups is 2. The number of rotatable bonds is 7. The Morgan fingerprint density at radius 2 is 1.62 bits per heavy atom. The van der Waals surface area contributed by atoms with E-state index in [-0.39, 0.29) is 18.4 Å². The van der Waals surface area contributed by atoms with E-state index in [1.54, 1.807) is 18.4 Å². The molecule has 1 saturated heterocycles. The Bertz CT molecular complexity index is 1080. The van der Waals surface area contributed by atoms with Crippen LogP contribution < -0.4 is 15.5 Å². The summed E-state index contributed by atoms with van der Waals surface area (Å²) in [6.45, 7) is 5.52. The van der Waals surface area contributed by atoms with Crippen LogP contribution in [0.15, 0.2) is 71.3 Å². The van der Waals surface area contributed by atoms with Crippen LogP contribution in [0.1, 0.15) is 22.9 Å². The molecule has 1 aromatic heterocycles. The number of hydrogen-bond donors (Lipinski definition) is 2. The molecule has 0 saturated carbocycles. The molecule has 0 bridgehead atoms. The van der Waals surface area contributed by atoms with Crippen LogP contribution >= 0.6 is 0 Å². The molecule has 2 heterocycles. The number of benzene rings is 2. The molecule has 4 rings (SSSR count). The molecule has 2 aromatic carbocycles. The number of aryl methyl sites for hydroxylation is 1. The SMILES string of the molecule is Cc1ccc(CNC(=O)C(=O)NC[C@H](c2ccco2)N2CCN(c3ccc(F)cc3)CC2)cc1. The van der Waals surface area contributed by atoms with Crippen molar-refractivity contribution in [3.8, 4) is 0 Å². The summed E-state index contributed by atoms with van der Waals surface area (Å²) in [4.78, 5) is 29.1. The maximum Gasteiger partial charge on any atom is 0.309 e. The van der Waals surface area contributed by atoms with E-state index < -0.39 is 11.8 Å². The number of furan rings is 1. The molecule has 178 valence electrons. The van der Waals surface area contributed by atoms with Crippen LogP contribution in [0.25, 0.3) is 0 Å². The van der Waals surface area contributed by atoms with Crippen LogP contribution in [-0.4, -0.2) is 49.4 Å². The fourth-order valence-electron chi connectivity index (χ4n) is 4.07. The minimum absolute atomic E-state index is 0.195. The topological polar surface area (TPSA) is 77.8 Å². The number of hydrogen-bond acceptors (Lipinski definition) is 5. The second kappa shape index (κ2) is 11.0. The lowest BCUT2D eigenvalue weighted by atomic mass is 10.1. The molecule has 34 heavy (non-hydrogen) atoms. The molecule has 0 aliphatic carbocycles. The van der Waals surface area contributed by atoms with Crippen molar-refractivity contribution in [2.75, 3.05) is 37.6 Å². The molecule has 7 nitrogen and oxygen atoms in total. The summed E-state index contributed by atoms with van der Waals surface area (Å²) in [5, 5.41) is 5.42. The number of nitrogens with zero attached hydrogens (tertiary/aromatic N) is 2. The average Bonchev–Trinajstić information content (AvgIpc) is 3.39. The highest BCUT2D eigenvalue weighted by Gasteiger charge is 2.28. The largest absolute Gasteiger partial charge is 0.468 e. The van der Waals surface area contributed by atoms with Gasteiger partial charge in [-0.05, 0) is 48.9 Å². The fourth-order valence-corrected chi connectivity index (χ4v) is 4.07. The van der Waals surface area contributed by atoms with Crippen molar-refractivity contribution in [2.24, 2.45) is 0 Å². The minimum atomic E-state index is -0.673. The molecule has 0 radical (unpaired) electrons. The second-order valence-electron chi connectivity index (χ2n) is 8.41. The lowest BCUT2D eigenvalue weighted by Crippen LogP contribution is -2.50. The zero-order chi connectivity index (χ0) is 23.9. The zero-order valence-corrected chi connectivity index (χ0v) is 19.2. The van der Waals surface area contributed by atoms with Crippen molar-refractivity contribution >= 4 is 17.5 Å². The van der Waals surface area contributed by atoms with E-state index in [1.165, 1.54) is 12.1 Å². The number of amides is 2. The summed E-state index contributed by atoms with van der Waals surface area (Å²) in [5.41, 5.74) is 3.05. The van der Waals surface area contributed by atoms with Crippen LogP contribution in [0.4, 0.5) is 10.1 Å². The van der Waals surface area contributed by atoms with Gasteiger partial charge in [-0.3, -0.25) is 14.5 Å². The lowest BCUT2D eigenvalue weighted by Gasteiger charge is -2.39. The normalized spacial score (nSPS) is 15.1. The van der Waals surface area contributed by atoms with Gasteiger partial charge in [0.05, 0.1) is 12.3 Å². The Labute approximate surface area is 198 Å². The smallest absolute Gasteiger partial charge is 0.309 e. The number of nitrogens with one attached hydrogen (secondary N) is 2. The maximum atomic E-state index is 13.2. The molecular formula is C26H29FN4O3. The summed E-state index contributed by atoms with van der Waals surface area (Å²) in [6.07, 6.45) is 1.60. The predicted octanol–water partition coefficient (Wildman–Crippen LogP) is 3.02. The van der Waals surface area contributed by atoms with Crippen LogP contribution in [0.5, 0.6) is 0 Å². The Kier molecular flexibility index (Phi) is 7.59. The fraction of sp³-hybridized carbons (Fsp3) is 0.308. The summed E-state index contributed by atoms with van der Waals surface area (Å²) >= 11 is 0. The molecule has 1 fully saturated rings. The van der Waals surface area contributed by atoms with E-state index in [9.17, 15) is 14.0 Å². The van der Waals surface area contributed by atoms with E-state index in [4.69, 9.17) is 4.42 Å². The summed E-state index contributed by atoms with van der Waals surface area (Å²) < 4.78 is 18.9. The lowest BCUT2D eigenvalue weighted by molar-refractivity contribution is -0.139. The quantitative estimate of drug-likeness (QED) is 0.526. The third-order valence-corrected chi connectivity index (χ3v) is 6.05. The molecule has 2 amide bonds. The predicted molar refractivity (Wildman–Crippen MR) is 128 cm³/mol. The maximum absolute atomic E-state index is 13.2. The van der Waals surface area contributed by atoms with Gasteiger partial charge in [-0.25, -0.2) is 4.39 Å². The van der Waals surface area contributed by atoms with E-state index in [0.29, 0.717) is 6.54 Å². The van der Waals surface area contributed by atoms with Crippen LogP contribution in [-0.2, 0) is 16.1 Å². The zero-order valence-electron chi connectivity index (χ0n) is 19.2. The van der Waals surface area contributed by atoms with Gasteiger partial charge >= 0.3 is 11.8 Å². The van der Waals surface area contributed by atoms with Gasteiger partial charge in [0.2, 0.25) is 0 Å². The Balaban J connectivity index is 1.31. The number of anilines is 1. The second-order valence-corrected chi connectivity index (χ2v) is 8.41. The summed E-state index contributed by atoms with van der Waals surface area (Å²) in [7, 11) is 0. The Morgan fingerprint density at radius 1 is 0.941 bits per heavy atom. The molecule has 8 heteroatoms. The number of halogens is 1. The van der Waals surface area contributed by atoms with Crippen LogP contribution in [0.2, 0.25) is 0 Å². The van der Waals surface area contributed by atoms with Gasteiger partial charge in [-0.15, -0.1) is 0 Å². The molecule has 1 aliphatic rings. The van der Waals surface area contributed by atoms with Gasteiger partial charge in [0, 0.05) is 45.0 Å². The van der Waals surface area contributed by atoms with Crippen LogP contribution in [0, 0.1) is 12.7 Å².